The number of rotatable bonds is 36. The molecule has 0 aromatic carbocycles. The third-order valence-corrected chi connectivity index (χ3v) is 10.4. The third kappa shape index (κ3) is 26.1. The minimum atomic E-state index is 0.0277. The highest BCUT2D eigenvalue weighted by molar-refractivity contribution is 5.84. The van der Waals surface area contributed by atoms with E-state index in [2.05, 4.69) is 37.9 Å². The molecule has 0 atom stereocenters. The van der Waals surface area contributed by atoms with Gasteiger partial charge in [-0.15, -0.1) is 0 Å². The lowest BCUT2D eigenvalue weighted by Gasteiger charge is -2.39. The first-order chi connectivity index (χ1) is 22.1. The van der Waals surface area contributed by atoms with Crippen LogP contribution in [0, 0.1) is 0 Å². The quantitative estimate of drug-likeness (QED) is 0.0697. The fourth-order valence-corrected chi connectivity index (χ4v) is 7.30. The zero-order valence-electron chi connectivity index (χ0n) is 31.9. The molecule has 0 saturated carbocycles. The molecule has 0 saturated heterocycles. The summed E-state index contributed by atoms with van der Waals surface area (Å²) in [4.78, 5) is 7.49. The fourth-order valence-electron chi connectivity index (χ4n) is 7.30. The van der Waals surface area contributed by atoms with Gasteiger partial charge in [-0.1, -0.05) is 206 Å². The second kappa shape index (κ2) is 32.0. The molecule has 1 aliphatic heterocycles. The van der Waals surface area contributed by atoms with Crippen LogP contribution in [0.4, 0.5) is 0 Å². The van der Waals surface area contributed by atoms with Crippen molar-refractivity contribution in [1.29, 1.82) is 0 Å². The lowest BCUT2D eigenvalue weighted by molar-refractivity contribution is 0.177. The van der Waals surface area contributed by atoms with Crippen LogP contribution in [0.3, 0.4) is 0 Å². The van der Waals surface area contributed by atoms with Gasteiger partial charge in [-0.25, -0.2) is 0 Å². The number of nitrogens with one attached hydrogen (secondary N) is 1. The van der Waals surface area contributed by atoms with Crippen LogP contribution in [0.25, 0.3) is 0 Å². The molecule has 0 radical (unpaired) electrons. The molecule has 0 aliphatic carbocycles. The molecule has 1 N–H and O–H groups in total. The van der Waals surface area contributed by atoms with Crippen LogP contribution in [0.2, 0.25) is 0 Å². The van der Waals surface area contributed by atoms with Crippen LogP contribution >= 0.6 is 0 Å². The van der Waals surface area contributed by atoms with Gasteiger partial charge in [0.05, 0.1) is 12.2 Å². The lowest BCUT2D eigenvalue weighted by atomic mass is 10.0. The molecule has 45 heavy (non-hydrogen) atoms. The summed E-state index contributed by atoms with van der Waals surface area (Å²) in [6, 6.07) is 0. The number of aliphatic imine (C=N–C) groups is 1. The average Bonchev–Trinajstić information content (AvgIpc) is 3.52. The van der Waals surface area contributed by atoms with Crippen molar-refractivity contribution in [2.45, 2.75) is 245 Å². The maximum Gasteiger partial charge on any atom is 0.100 e. The highest BCUT2D eigenvalue weighted by Gasteiger charge is 2.30. The first-order valence-corrected chi connectivity index (χ1v) is 21.2. The molecule has 3 nitrogen and oxygen atoms in total. The van der Waals surface area contributed by atoms with E-state index in [0.717, 1.165) is 19.6 Å². The Labute approximate surface area is 285 Å². The first kappa shape index (κ1) is 42.5. The van der Waals surface area contributed by atoms with Gasteiger partial charge in [-0.3, -0.25) is 10.3 Å². The summed E-state index contributed by atoms with van der Waals surface area (Å²) >= 11 is 0. The summed E-state index contributed by atoms with van der Waals surface area (Å²) in [7, 11) is 0. The summed E-state index contributed by atoms with van der Waals surface area (Å²) in [5.74, 6) is 1.37. The molecule has 0 spiro atoms. The number of hydrogen-bond acceptors (Lipinski definition) is 3. The molecule has 0 amide bonds. The van der Waals surface area contributed by atoms with Crippen molar-refractivity contribution in [1.82, 2.24) is 10.2 Å². The second-order valence-corrected chi connectivity index (χ2v) is 15.3. The number of unbranched alkanes of at least 4 members (excludes halogenated alkanes) is 30. The van der Waals surface area contributed by atoms with Crippen LogP contribution in [-0.2, 0) is 0 Å². The standard InChI is InChI=1S/C42H85N3/c1-5-7-9-11-13-15-17-19-21-23-25-27-29-31-33-35-37-41-43-39-40-45(41)42(3,4)44-38-36-34-32-30-28-26-24-22-20-18-16-14-12-10-8-6-2/h44H,5-40H2,1-4H3. The molecule has 0 fully saturated rings. The predicted molar refractivity (Wildman–Crippen MR) is 205 cm³/mol. The fraction of sp³-hybridized carbons (Fsp3) is 0.976. The topological polar surface area (TPSA) is 27.6 Å². The van der Waals surface area contributed by atoms with E-state index >= 15 is 0 Å². The summed E-state index contributed by atoms with van der Waals surface area (Å²) in [5.41, 5.74) is 0.0277. The molecule has 0 aromatic heterocycles. The first-order valence-electron chi connectivity index (χ1n) is 21.2. The van der Waals surface area contributed by atoms with Crippen molar-refractivity contribution in [3.8, 4) is 0 Å². The van der Waals surface area contributed by atoms with Crippen LogP contribution < -0.4 is 5.32 Å². The van der Waals surface area contributed by atoms with Crippen molar-refractivity contribution >= 4 is 5.84 Å². The van der Waals surface area contributed by atoms with Gasteiger partial charge in [0.2, 0.25) is 0 Å². The summed E-state index contributed by atoms with van der Waals surface area (Å²) in [6.45, 7) is 12.6. The Balaban J connectivity index is 1.91. The van der Waals surface area contributed by atoms with Crippen LogP contribution in [-0.4, -0.2) is 36.0 Å². The Morgan fingerprint density at radius 1 is 0.467 bits per heavy atom. The Hall–Kier alpha value is -0.570. The summed E-state index contributed by atoms with van der Waals surface area (Å²) in [6.07, 6.45) is 47.1. The van der Waals surface area contributed by atoms with Gasteiger partial charge in [-0.05, 0) is 33.2 Å². The SMILES string of the molecule is CCCCCCCCCCCCCCCCCCNC(C)(C)N1CCN=C1CCCCCCCCCCCCCCCCCC. The molecule has 1 rings (SSSR count). The minimum Gasteiger partial charge on any atom is -0.341 e. The monoisotopic (exact) mass is 632 g/mol. The molecule has 0 bridgehead atoms. The smallest absolute Gasteiger partial charge is 0.100 e. The highest BCUT2D eigenvalue weighted by atomic mass is 15.4. The van der Waals surface area contributed by atoms with Gasteiger partial charge in [0.15, 0.2) is 0 Å². The van der Waals surface area contributed by atoms with E-state index in [9.17, 15) is 0 Å². The van der Waals surface area contributed by atoms with Crippen LogP contribution in [0.1, 0.15) is 240 Å². The maximum absolute atomic E-state index is 4.92. The zero-order valence-corrected chi connectivity index (χ0v) is 31.9. The van der Waals surface area contributed by atoms with Gasteiger partial charge in [-0.2, -0.15) is 0 Å². The maximum atomic E-state index is 4.92. The van der Waals surface area contributed by atoms with Crippen molar-refractivity contribution in [2.75, 3.05) is 19.6 Å². The normalized spacial score (nSPS) is 13.7. The van der Waals surface area contributed by atoms with Crippen LogP contribution in [0.15, 0.2) is 4.99 Å². The molecule has 0 aromatic rings. The minimum absolute atomic E-state index is 0.0277. The molecule has 1 heterocycles. The second-order valence-electron chi connectivity index (χ2n) is 15.3. The van der Waals surface area contributed by atoms with E-state index in [-0.39, 0.29) is 5.66 Å². The molecule has 1 aliphatic rings. The largest absolute Gasteiger partial charge is 0.341 e. The summed E-state index contributed by atoms with van der Waals surface area (Å²) in [5, 5.41) is 3.88. The Bertz CT molecular complexity index is 627. The van der Waals surface area contributed by atoms with Crippen molar-refractivity contribution in [2.24, 2.45) is 4.99 Å². The van der Waals surface area contributed by atoms with Gasteiger partial charge in [0.25, 0.3) is 0 Å². The third-order valence-electron chi connectivity index (χ3n) is 10.4. The molecule has 268 valence electrons. The van der Waals surface area contributed by atoms with Gasteiger partial charge >= 0.3 is 0 Å². The number of amidine groups is 1. The van der Waals surface area contributed by atoms with E-state index < -0.39 is 0 Å². The number of hydrogen-bond donors (Lipinski definition) is 1. The Kier molecular flexibility index (Phi) is 30.2. The Morgan fingerprint density at radius 3 is 1.13 bits per heavy atom. The van der Waals surface area contributed by atoms with Crippen molar-refractivity contribution in [3.63, 3.8) is 0 Å². The molecular formula is C42H85N3. The average molecular weight is 632 g/mol. The molecular weight excluding hydrogens is 546 g/mol. The van der Waals surface area contributed by atoms with E-state index in [0.29, 0.717) is 0 Å². The molecule has 3 heteroatoms. The van der Waals surface area contributed by atoms with E-state index in [1.165, 1.54) is 218 Å². The van der Waals surface area contributed by atoms with Crippen molar-refractivity contribution in [3.05, 3.63) is 0 Å². The van der Waals surface area contributed by atoms with E-state index in [4.69, 9.17) is 4.99 Å². The predicted octanol–water partition coefficient (Wildman–Crippen LogP) is 13.9. The van der Waals surface area contributed by atoms with Gasteiger partial charge in [0.1, 0.15) is 5.84 Å². The van der Waals surface area contributed by atoms with Gasteiger partial charge < -0.3 is 4.90 Å². The van der Waals surface area contributed by atoms with Crippen LogP contribution in [0.5, 0.6) is 0 Å². The number of nitrogens with zero attached hydrogens (tertiary/aromatic N) is 2. The van der Waals surface area contributed by atoms with Gasteiger partial charge in [0, 0.05) is 13.0 Å². The highest BCUT2D eigenvalue weighted by Crippen LogP contribution is 2.21. The Morgan fingerprint density at radius 2 is 0.778 bits per heavy atom. The van der Waals surface area contributed by atoms with E-state index in [1.807, 2.05) is 0 Å². The van der Waals surface area contributed by atoms with E-state index in [1.54, 1.807) is 0 Å². The zero-order chi connectivity index (χ0) is 32.5. The lowest BCUT2D eigenvalue weighted by Crippen LogP contribution is -2.56. The van der Waals surface area contributed by atoms with Crippen molar-refractivity contribution < 1.29 is 0 Å². The summed E-state index contributed by atoms with van der Waals surface area (Å²) < 4.78 is 0. The molecule has 0 unspecified atom stereocenters.